The smallest absolute Gasteiger partial charge is 0.196 e. The van der Waals surface area contributed by atoms with Crippen molar-refractivity contribution in [1.29, 1.82) is 0 Å². The number of tetrazole rings is 1. The van der Waals surface area contributed by atoms with E-state index >= 15 is 0 Å². The van der Waals surface area contributed by atoms with E-state index in [0.29, 0.717) is 17.5 Å². The van der Waals surface area contributed by atoms with Crippen LogP contribution in [-0.4, -0.2) is 30.0 Å². The summed E-state index contributed by atoms with van der Waals surface area (Å²) in [4.78, 5) is 1.40. The Morgan fingerprint density at radius 2 is 2.31 bits per heavy atom. The minimum Gasteiger partial charge on any atom is -0.263 e. The molecular formula is C6H7ClN6. The van der Waals surface area contributed by atoms with E-state index in [-0.39, 0.29) is 0 Å². The maximum atomic E-state index is 5.64. The molecular weight excluding hydrogens is 192 g/mol. The largest absolute Gasteiger partial charge is 0.263 e. The van der Waals surface area contributed by atoms with Crippen LogP contribution >= 0.6 is 11.6 Å². The third-order valence-electron chi connectivity index (χ3n) is 1.46. The summed E-state index contributed by atoms with van der Waals surface area (Å²) < 4.78 is 1.65. The topological polar surface area (TPSA) is 61.4 Å². The molecule has 0 radical (unpaired) electrons. The fourth-order valence-electron chi connectivity index (χ4n) is 0.957. The number of halogens is 1. The van der Waals surface area contributed by atoms with Gasteiger partial charge in [-0.2, -0.15) is 9.90 Å². The SMILES string of the molecule is Cn1nnc(Cn2ccc(Cl)n2)n1. The van der Waals surface area contributed by atoms with Gasteiger partial charge in [0.1, 0.15) is 6.54 Å². The lowest BCUT2D eigenvalue weighted by Crippen LogP contribution is -2.02. The van der Waals surface area contributed by atoms with Gasteiger partial charge in [-0.1, -0.05) is 11.6 Å². The molecule has 0 saturated heterocycles. The summed E-state index contributed by atoms with van der Waals surface area (Å²) in [5.41, 5.74) is 0. The molecule has 13 heavy (non-hydrogen) atoms. The van der Waals surface area contributed by atoms with Crippen LogP contribution in [0.5, 0.6) is 0 Å². The van der Waals surface area contributed by atoms with Crippen molar-refractivity contribution >= 4 is 11.6 Å². The van der Waals surface area contributed by atoms with Crippen molar-refractivity contribution in [1.82, 2.24) is 30.0 Å². The zero-order valence-corrected chi connectivity index (χ0v) is 7.68. The maximum absolute atomic E-state index is 5.64. The number of rotatable bonds is 2. The predicted molar refractivity (Wildman–Crippen MR) is 45.1 cm³/mol. The van der Waals surface area contributed by atoms with Crippen molar-refractivity contribution in [2.75, 3.05) is 0 Å². The minimum atomic E-state index is 0.462. The van der Waals surface area contributed by atoms with Gasteiger partial charge in [0.15, 0.2) is 11.0 Å². The summed E-state index contributed by atoms with van der Waals surface area (Å²) in [6, 6.07) is 1.71. The van der Waals surface area contributed by atoms with Gasteiger partial charge < -0.3 is 0 Å². The molecule has 0 unspecified atom stereocenters. The fraction of sp³-hybridized carbons (Fsp3) is 0.333. The van der Waals surface area contributed by atoms with E-state index in [1.165, 1.54) is 4.80 Å². The highest BCUT2D eigenvalue weighted by molar-refractivity contribution is 6.29. The first-order valence-electron chi connectivity index (χ1n) is 3.66. The normalized spacial score (nSPS) is 10.6. The van der Waals surface area contributed by atoms with E-state index < -0.39 is 0 Å². The molecule has 0 aliphatic heterocycles. The van der Waals surface area contributed by atoms with E-state index in [4.69, 9.17) is 11.6 Å². The molecule has 7 heteroatoms. The van der Waals surface area contributed by atoms with Crippen molar-refractivity contribution in [3.8, 4) is 0 Å². The first-order chi connectivity index (χ1) is 6.24. The highest BCUT2D eigenvalue weighted by Crippen LogP contribution is 2.03. The van der Waals surface area contributed by atoms with Gasteiger partial charge in [0.2, 0.25) is 0 Å². The van der Waals surface area contributed by atoms with E-state index in [1.807, 2.05) is 0 Å². The highest BCUT2D eigenvalue weighted by atomic mass is 35.5. The van der Waals surface area contributed by atoms with Crippen LogP contribution in [0.1, 0.15) is 5.82 Å². The van der Waals surface area contributed by atoms with Crippen molar-refractivity contribution in [3.63, 3.8) is 0 Å². The molecule has 6 nitrogen and oxygen atoms in total. The first kappa shape index (κ1) is 8.18. The number of nitrogens with zero attached hydrogens (tertiary/aromatic N) is 6. The lowest BCUT2D eigenvalue weighted by molar-refractivity contribution is 0.617. The zero-order chi connectivity index (χ0) is 9.26. The second-order valence-corrected chi connectivity index (χ2v) is 2.92. The van der Waals surface area contributed by atoms with Crippen molar-refractivity contribution < 1.29 is 0 Å². The van der Waals surface area contributed by atoms with Crippen LogP contribution in [0.2, 0.25) is 5.15 Å². The van der Waals surface area contributed by atoms with E-state index in [0.717, 1.165) is 0 Å². The van der Waals surface area contributed by atoms with Crippen molar-refractivity contribution in [2.45, 2.75) is 6.54 Å². The van der Waals surface area contributed by atoms with Gasteiger partial charge in [0.25, 0.3) is 0 Å². The van der Waals surface area contributed by atoms with Crippen LogP contribution in [0, 0.1) is 0 Å². The van der Waals surface area contributed by atoms with Gasteiger partial charge in [-0.05, 0) is 11.3 Å². The number of aromatic nitrogens is 6. The lowest BCUT2D eigenvalue weighted by atomic mass is 10.6. The van der Waals surface area contributed by atoms with Crippen LogP contribution in [0.15, 0.2) is 12.3 Å². The molecule has 0 fully saturated rings. The number of hydrogen-bond donors (Lipinski definition) is 0. The van der Waals surface area contributed by atoms with Gasteiger partial charge in [-0.25, -0.2) is 0 Å². The molecule has 2 aromatic heterocycles. The summed E-state index contributed by atoms with van der Waals surface area (Å²) in [6.07, 6.45) is 1.76. The van der Waals surface area contributed by atoms with Gasteiger partial charge in [0.05, 0.1) is 7.05 Å². The molecule has 0 spiro atoms. The van der Waals surface area contributed by atoms with Crippen LogP contribution < -0.4 is 0 Å². The van der Waals surface area contributed by atoms with Crippen LogP contribution in [0.3, 0.4) is 0 Å². The van der Waals surface area contributed by atoms with Crippen LogP contribution in [-0.2, 0) is 13.6 Å². The molecule has 2 aromatic rings. The highest BCUT2D eigenvalue weighted by Gasteiger charge is 2.02. The Bertz CT molecular complexity index is 366. The third kappa shape index (κ3) is 1.83. The first-order valence-corrected chi connectivity index (χ1v) is 4.03. The monoisotopic (exact) mass is 198 g/mol. The van der Waals surface area contributed by atoms with Crippen LogP contribution in [0.4, 0.5) is 0 Å². The molecule has 0 amide bonds. The molecule has 0 atom stereocenters. The summed E-state index contributed by atoms with van der Waals surface area (Å²) >= 11 is 5.64. The quantitative estimate of drug-likeness (QED) is 0.687. The molecule has 0 saturated carbocycles. The summed E-state index contributed by atoms with van der Waals surface area (Å²) in [6.45, 7) is 0.487. The van der Waals surface area contributed by atoms with Crippen molar-refractivity contribution in [3.05, 3.63) is 23.2 Å². The summed E-state index contributed by atoms with van der Waals surface area (Å²) in [5.74, 6) is 0.613. The molecule has 2 heterocycles. The average Bonchev–Trinajstić information content (AvgIpc) is 2.62. The van der Waals surface area contributed by atoms with Gasteiger partial charge in [-0.15, -0.1) is 10.2 Å². The molecule has 0 aromatic carbocycles. The average molecular weight is 199 g/mol. The van der Waals surface area contributed by atoms with Crippen LogP contribution in [0.25, 0.3) is 0 Å². The van der Waals surface area contributed by atoms with E-state index in [1.54, 1.807) is 24.0 Å². The third-order valence-corrected chi connectivity index (χ3v) is 1.66. The second-order valence-electron chi connectivity index (χ2n) is 2.53. The fourth-order valence-corrected chi connectivity index (χ4v) is 1.11. The number of hydrogen-bond acceptors (Lipinski definition) is 4. The molecule has 0 aliphatic rings. The van der Waals surface area contributed by atoms with Gasteiger partial charge in [0, 0.05) is 6.20 Å². The summed E-state index contributed by atoms with van der Waals surface area (Å²) in [5, 5.41) is 16.0. The zero-order valence-electron chi connectivity index (χ0n) is 6.92. The molecule has 68 valence electrons. The van der Waals surface area contributed by atoms with Gasteiger partial charge in [-0.3, -0.25) is 4.68 Å². The Morgan fingerprint density at radius 1 is 1.46 bits per heavy atom. The van der Waals surface area contributed by atoms with Gasteiger partial charge >= 0.3 is 0 Å². The number of aryl methyl sites for hydroxylation is 1. The molecule has 0 aliphatic carbocycles. The Balaban J connectivity index is 2.14. The Kier molecular flexibility index (Phi) is 1.97. The molecule has 2 rings (SSSR count). The lowest BCUT2D eigenvalue weighted by Gasteiger charge is -1.93. The van der Waals surface area contributed by atoms with E-state index in [9.17, 15) is 0 Å². The Hall–Kier alpha value is -1.43. The predicted octanol–water partition coefficient (Wildman–Crippen LogP) is 0.108. The standard InChI is InChI=1S/C6H7ClN6/c1-12-10-6(8-11-12)4-13-3-2-5(7)9-13/h2-3H,4H2,1H3. The van der Waals surface area contributed by atoms with Crippen molar-refractivity contribution in [2.24, 2.45) is 7.05 Å². The Morgan fingerprint density at radius 3 is 2.85 bits per heavy atom. The van der Waals surface area contributed by atoms with E-state index in [2.05, 4.69) is 20.5 Å². The molecule has 0 N–H and O–H groups in total. The second kappa shape index (κ2) is 3.14. The Labute approximate surface area is 79.1 Å². The molecule has 0 bridgehead atoms. The summed E-state index contributed by atoms with van der Waals surface area (Å²) in [7, 11) is 1.71. The maximum Gasteiger partial charge on any atom is 0.196 e. The minimum absolute atomic E-state index is 0.462.